The van der Waals surface area contributed by atoms with Crippen LogP contribution >= 0.6 is 0 Å². The highest BCUT2D eigenvalue weighted by Gasteiger charge is 2.30. The Morgan fingerprint density at radius 1 is 1.17 bits per heavy atom. The lowest BCUT2D eigenvalue weighted by Gasteiger charge is -2.21. The number of aliphatic carboxylic acids is 1. The number of fused-ring (bicyclic) bond motifs is 1. The van der Waals surface area contributed by atoms with Crippen LogP contribution in [0.5, 0.6) is 0 Å². The minimum atomic E-state index is -4.53. The third-order valence-corrected chi connectivity index (χ3v) is 4.62. The van der Waals surface area contributed by atoms with Gasteiger partial charge in [-0.25, -0.2) is 4.98 Å². The van der Waals surface area contributed by atoms with Crippen LogP contribution in [0, 0.1) is 0 Å². The summed E-state index contributed by atoms with van der Waals surface area (Å²) < 4.78 is 40.8. The van der Waals surface area contributed by atoms with E-state index < -0.39 is 30.2 Å². The summed E-state index contributed by atoms with van der Waals surface area (Å²) in [5.41, 5.74) is 0.936. The summed E-state index contributed by atoms with van der Waals surface area (Å²) in [6, 6.07) is 9.49. The number of aromatic nitrogens is 2. The summed E-state index contributed by atoms with van der Waals surface area (Å²) >= 11 is 0. The van der Waals surface area contributed by atoms with Crippen molar-refractivity contribution in [2.45, 2.75) is 32.6 Å². The second kappa shape index (κ2) is 8.17. The van der Waals surface area contributed by atoms with Crippen molar-refractivity contribution < 1.29 is 27.9 Å². The van der Waals surface area contributed by atoms with Gasteiger partial charge in [-0.1, -0.05) is 12.1 Å². The smallest absolute Gasteiger partial charge is 0.416 e. The number of benzene rings is 2. The third-order valence-electron chi connectivity index (χ3n) is 4.62. The van der Waals surface area contributed by atoms with Crippen molar-refractivity contribution in [1.82, 2.24) is 14.5 Å². The molecule has 0 atom stereocenters. The van der Waals surface area contributed by atoms with Gasteiger partial charge in [-0.3, -0.25) is 9.59 Å². The third kappa shape index (κ3) is 4.61. The predicted molar refractivity (Wildman–Crippen MR) is 104 cm³/mol. The molecule has 0 aliphatic heterocycles. The number of imidazole rings is 1. The van der Waals surface area contributed by atoms with Crippen molar-refractivity contribution in [3.05, 3.63) is 65.5 Å². The van der Waals surface area contributed by atoms with Crippen molar-refractivity contribution in [3.63, 3.8) is 0 Å². The molecule has 9 heteroatoms. The molecule has 0 fully saturated rings. The summed E-state index contributed by atoms with van der Waals surface area (Å²) in [5, 5.41) is 9.19. The molecule has 1 heterocycles. The van der Waals surface area contributed by atoms with Crippen LogP contribution in [-0.2, 0) is 17.5 Å². The van der Waals surface area contributed by atoms with Gasteiger partial charge >= 0.3 is 12.1 Å². The number of amides is 1. The molecule has 0 aliphatic carbocycles. The van der Waals surface area contributed by atoms with E-state index in [0.717, 1.165) is 22.5 Å². The Morgan fingerprint density at radius 3 is 2.53 bits per heavy atom. The Kier molecular flexibility index (Phi) is 5.82. The molecule has 30 heavy (non-hydrogen) atoms. The average molecular weight is 419 g/mol. The van der Waals surface area contributed by atoms with Crippen LogP contribution in [0.2, 0.25) is 0 Å². The SMILES string of the molecule is CC(C)n1cnc2cc(C(=O)N(CC(=O)O)Cc3cccc(C(F)(F)F)c3)ccc21. The molecule has 2 aromatic carbocycles. The van der Waals surface area contributed by atoms with Gasteiger partial charge in [0.1, 0.15) is 6.54 Å². The van der Waals surface area contributed by atoms with E-state index in [1.165, 1.54) is 12.1 Å². The van der Waals surface area contributed by atoms with E-state index in [0.29, 0.717) is 5.52 Å². The fraction of sp³-hybridized carbons (Fsp3) is 0.286. The minimum Gasteiger partial charge on any atom is -0.480 e. The average Bonchev–Trinajstić information content (AvgIpc) is 3.09. The molecule has 0 spiro atoms. The monoisotopic (exact) mass is 419 g/mol. The molecule has 0 radical (unpaired) electrons. The van der Waals surface area contributed by atoms with Crippen molar-refractivity contribution in [3.8, 4) is 0 Å². The quantitative estimate of drug-likeness (QED) is 0.644. The molecule has 3 rings (SSSR count). The number of rotatable bonds is 6. The van der Waals surface area contributed by atoms with Gasteiger partial charge in [-0.15, -0.1) is 0 Å². The number of nitrogens with zero attached hydrogens (tertiary/aromatic N) is 3. The van der Waals surface area contributed by atoms with Crippen LogP contribution < -0.4 is 0 Å². The lowest BCUT2D eigenvalue weighted by Crippen LogP contribution is -2.35. The van der Waals surface area contributed by atoms with Gasteiger partial charge < -0.3 is 14.6 Å². The van der Waals surface area contributed by atoms with E-state index in [4.69, 9.17) is 0 Å². The number of hydrogen-bond donors (Lipinski definition) is 1. The number of halogens is 3. The zero-order valence-corrected chi connectivity index (χ0v) is 16.3. The lowest BCUT2D eigenvalue weighted by atomic mass is 10.1. The van der Waals surface area contributed by atoms with E-state index in [2.05, 4.69) is 4.98 Å². The van der Waals surface area contributed by atoms with Crippen molar-refractivity contribution >= 4 is 22.9 Å². The van der Waals surface area contributed by atoms with Gasteiger partial charge in [-0.2, -0.15) is 13.2 Å². The standard InChI is InChI=1S/C21H20F3N3O3/c1-13(2)27-12-25-17-9-15(6-7-18(17)27)20(30)26(11-19(28)29)10-14-4-3-5-16(8-14)21(22,23)24/h3-9,12-13H,10-11H2,1-2H3,(H,28,29). The van der Waals surface area contributed by atoms with Gasteiger partial charge in [-0.05, 0) is 49.7 Å². The summed E-state index contributed by atoms with van der Waals surface area (Å²) in [4.78, 5) is 29.5. The maximum atomic E-state index is 13.0. The number of alkyl halides is 3. The van der Waals surface area contributed by atoms with Crippen molar-refractivity contribution in [2.75, 3.05) is 6.54 Å². The van der Waals surface area contributed by atoms with Gasteiger partial charge in [0.15, 0.2) is 0 Å². The topological polar surface area (TPSA) is 75.4 Å². The molecule has 0 saturated carbocycles. The summed E-state index contributed by atoms with van der Waals surface area (Å²) in [6.45, 7) is 3.06. The van der Waals surface area contributed by atoms with Crippen LogP contribution in [0.25, 0.3) is 11.0 Å². The Labute approximate surface area is 170 Å². The van der Waals surface area contributed by atoms with Gasteiger partial charge in [0.2, 0.25) is 0 Å². The Balaban J connectivity index is 1.91. The maximum absolute atomic E-state index is 13.0. The second-order valence-electron chi connectivity index (χ2n) is 7.20. The molecule has 1 amide bonds. The van der Waals surface area contributed by atoms with Crippen molar-refractivity contribution in [1.29, 1.82) is 0 Å². The van der Waals surface area contributed by atoms with Crippen LogP contribution in [-0.4, -0.2) is 38.0 Å². The van der Waals surface area contributed by atoms with Crippen LogP contribution in [0.4, 0.5) is 13.2 Å². The summed E-state index contributed by atoms with van der Waals surface area (Å²) in [6.07, 6.45) is -2.88. The van der Waals surface area contributed by atoms with E-state index >= 15 is 0 Å². The normalized spacial score (nSPS) is 11.8. The van der Waals surface area contributed by atoms with E-state index in [1.807, 2.05) is 18.4 Å². The molecule has 0 saturated heterocycles. The van der Waals surface area contributed by atoms with Crippen LogP contribution in [0.15, 0.2) is 48.8 Å². The first-order chi connectivity index (χ1) is 14.1. The van der Waals surface area contributed by atoms with Crippen molar-refractivity contribution in [2.24, 2.45) is 0 Å². The van der Waals surface area contributed by atoms with Gasteiger partial charge in [0.05, 0.1) is 22.9 Å². The first-order valence-electron chi connectivity index (χ1n) is 9.20. The zero-order valence-electron chi connectivity index (χ0n) is 16.3. The first-order valence-corrected chi connectivity index (χ1v) is 9.20. The van der Waals surface area contributed by atoms with E-state index in [9.17, 15) is 27.9 Å². The largest absolute Gasteiger partial charge is 0.480 e. The number of carboxylic acids is 1. The molecule has 1 N–H and O–H groups in total. The molecule has 6 nitrogen and oxygen atoms in total. The first kappa shape index (κ1) is 21.4. The lowest BCUT2D eigenvalue weighted by molar-refractivity contribution is -0.139. The number of carboxylic acid groups (broad SMARTS) is 1. The highest BCUT2D eigenvalue weighted by atomic mass is 19.4. The minimum absolute atomic E-state index is 0.168. The fourth-order valence-corrected chi connectivity index (χ4v) is 3.19. The maximum Gasteiger partial charge on any atom is 0.416 e. The number of carbonyl (C=O) groups excluding carboxylic acids is 1. The molecular weight excluding hydrogens is 399 g/mol. The molecule has 0 aliphatic rings. The highest BCUT2D eigenvalue weighted by Crippen LogP contribution is 2.30. The number of carbonyl (C=O) groups is 2. The summed E-state index contributed by atoms with van der Waals surface area (Å²) in [5.74, 6) is -1.86. The second-order valence-corrected chi connectivity index (χ2v) is 7.20. The van der Waals surface area contributed by atoms with Gasteiger partial charge in [0.25, 0.3) is 5.91 Å². The molecule has 158 valence electrons. The highest BCUT2D eigenvalue weighted by molar-refractivity contribution is 5.98. The Hall–Kier alpha value is -3.36. The molecule has 1 aromatic heterocycles. The summed E-state index contributed by atoms with van der Waals surface area (Å²) in [7, 11) is 0. The van der Waals surface area contributed by atoms with E-state index in [-0.39, 0.29) is 23.7 Å². The molecule has 3 aromatic rings. The molecule has 0 bridgehead atoms. The Morgan fingerprint density at radius 2 is 1.90 bits per heavy atom. The molecular formula is C21H20F3N3O3. The Bertz CT molecular complexity index is 1090. The van der Waals surface area contributed by atoms with E-state index in [1.54, 1.807) is 24.5 Å². The zero-order chi connectivity index (χ0) is 22.1. The van der Waals surface area contributed by atoms with Gasteiger partial charge in [0, 0.05) is 18.2 Å². The van der Waals surface area contributed by atoms with Crippen LogP contribution in [0.1, 0.15) is 41.4 Å². The number of hydrogen-bond acceptors (Lipinski definition) is 3. The van der Waals surface area contributed by atoms with Crippen LogP contribution in [0.3, 0.4) is 0 Å². The predicted octanol–water partition coefficient (Wildman–Crippen LogP) is 4.36. The fourth-order valence-electron chi connectivity index (χ4n) is 3.19. The molecule has 0 unspecified atom stereocenters.